The summed E-state index contributed by atoms with van der Waals surface area (Å²) in [6.45, 7) is 0.753. The van der Waals surface area contributed by atoms with Gasteiger partial charge in [-0.1, -0.05) is 12.1 Å². The van der Waals surface area contributed by atoms with Gasteiger partial charge in [-0.05, 0) is 49.2 Å². The van der Waals surface area contributed by atoms with Crippen molar-refractivity contribution in [3.63, 3.8) is 0 Å². The van der Waals surface area contributed by atoms with E-state index in [2.05, 4.69) is 10.3 Å². The average molecular weight is 490 g/mol. The van der Waals surface area contributed by atoms with E-state index in [1.165, 1.54) is 35.6 Å². The predicted molar refractivity (Wildman–Crippen MR) is 123 cm³/mol. The molecule has 1 aliphatic rings. The van der Waals surface area contributed by atoms with Crippen LogP contribution in [0.25, 0.3) is 10.2 Å². The molecule has 4 rings (SSSR count). The highest BCUT2D eigenvalue weighted by atomic mass is 32.2. The van der Waals surface area contributed by atoms with Crippen LogP contribution < -0.4 is 15.8 Å². The van der Waals surface area contributed by atoms with E-state index >= 15 is 0 Å². The molecule has 2 aromatic carbocycles. The third-order valence-electron chi connectivity index (χ3n) is 5.54. The van der Waals surface area contributed by atoms with E-state index in [1.54, 1.807) is 0 Å². The third kappa shape index (κ3) is 4.56. The molecule has 0 bridgehead atoms. The molecule has 0 unspecified atom stereocenters. The molecule has 33 heavy (non-hydrogen) atoms. The molecule has 11 heteroatoms. The van der Waals surface area contributed by atoms with Crippen LogP contribution in [0.4, 0.5) is 0 Å². The van der Waals surface area contributed by atoms with Gasteiger partial charge in [0, 0.05) is 13.2 Å². The van der Waals surface area contributed by atoms with E-state index in [-0.39, 0.29) is 50.0 Å². The maximum absolute atomic E-state index is 13.1. The third-order valence-corrected chi connectivity index (χ3v) is 9.11. The van der Waals surface area contributed by atoms with Crippen molar-refractivity contribution in [1.82, 2.24) is 10.3 Å². The summed E-state index contributed by atoms with van der Waals surface area (Å²) < 4.78 is 36.4. The number of nitrogens with two attached hydrogens (primary N) is 1. The van der Waals surface area contributed by atoms with Crippen molar-refractivity contribution in [1.29, 1.82) is 0 Å². The summed E-state index contributed by atoms with van der Waals surface area (Å²) in [5, 5.41) is 3.13. The smallest absolute Gasteiger partial charge is 0.280 e. The van der Waals surface area contributed by atoms with Crippen LogP contribution in [-0.2, 0) is 19.4 Å². The summed E-state index contributed by atoms with van der Waals surface area (Å²) >= 11 is 1.32. The molecule has 1 saturated heterocycles. The van der Waals surface area contributed by atoms with Gasteiger partial charge in [0.1, 0.15) is 12.4 Å². The summed E-state index contributed by atoms with van der Waals surface area (Å²) in [7, 11) is -3.99. The normalized spacial score (nSPS) is 15.8. The number of benzene rings is 2. The number of amides is 2. The van der Waals surface area contributed by atoms with E-state index in [0.717, 1.165) is 10.2 Å². The van der Waals surface area contributed by atoms with Crippen LogP contribution in [-0.4, -0.2) is 56.3 Å². The van der Waals surface area contributed by atoms with Gasteiger partial charge in [0.15, 0.2) is 19.6 Å². The highest BCUT2D eigenvalue weighted by Gasteiger charge is 2.51. The monoisotopic (exact) mass is 489 g/mol. The molecular weight excluding hydrogens is 466 g/mol. The van der Waals surface area contributed by atoms with Crippen LogP contribution in [0.15, 0.2) is 53.4 Å². The van der Waals surface area contributed by atoms with Gasteiger partial charge < -0.3 is 20.5 Å². The SMILES string of the molecule is NC(=O)C1(S(=O)(=O)c2ccc(OCCNC(=O)c3nc4ccccc4s3)cc2)CCOCC1. The van der Waals surface area contributed by atoms with Crippen molar-refractivity contribution >= 4 is 43.2 Å². The Morgan fingerprint density at radius 2 is 1.82 bits per heavy atom. The van der Waals surface area contributed by atoms with Gasteiger partial charge in [-0.3, -0.25) is 9.59 Å². The van der Waals surface area contributed by atoms with Crippen molar-refractivity contribution in [3.05, 3.63) is 53.5 Å². The number of para-hydroxylation sites is 1. The van der Waals surface area contributed by atoms with Crippen molar-refractivity contribution in [2.75, 3.05) is 26.4 Å². The van der Waals surface area contributed by atoms with Gasteiger partial charge >= 0.3 is 0 Å². The first kappa shape index (κ1) is 23.1. The van der Waals surface area contributed by atoms with Crippen molar-refractivity contribution in [2.24, 2.45) is 5.73 Å². The second kappa shape index (κ2) is 9.46. The molecule has 0 radical (unpaired) electrons. The van der Waals surface area contributed by atoms with E-state index in [9.17, 15) is 18.0 Å². The van der Waals surface area contributed by atoms with Crippen LogP contribution in [0.1, 0.15) is 22.6 Å². The lowest BCUT2D eigenvalue weighted by Gasteiger charge is -2.33. The molecule has 0 spiro atoms. The number of sulfone groups is 1. The first-order valence-corrected chi connectivity index (χ1v) is 12.6. The van der Waals surface area contributed by atoms with Crippen LogP contribution in [0.3, 0.4) is 0 Å². The van der Waals surface area contributed by atoms with E-state index in [1.807, 2.05) is 24.3 Å². The minimum absolute atomic E-state index is 0.000288. The number of fused-ring (bicyclic) bond motifs is 1. The molecule has 1 aromatic heterocycles. The largest absolute Gasteiger partial charge is 0.492 e. The van der Waals surface area contributed by atoms with E-state index in [4.69, 9.17) is 15.2 Å². The first-order valence-electron chi connectivity index (χ1n) is 10.3. The molecule has 0 saturated carbocycles. The zero-order valence-electron chi connectivity index (χ0n) is 17.7. The van der Waals surface area contributed by atoms with Gasteiger partial charge in [0.25, 0.3) is 5.91 Å². The van der Waals surface area contributed by atoms with Gasteiger partial charge in [0.05, 0.1) is 21.7 Å². The Balaban J connectivity index is 1.34. The summed E-state index contributed by atoms with van der Waals surface area (Å²) in [6, 6.07) is 13.3. The standard InChI is InChI=1S/C22H23N3O6S2/c23-21(27)22(9-12-30-13-10-22)33(28,29)16-7-5-15(6-8-16)31-14-11-24-19(26)20-25-17-3-1-2-4-18(17)32-20/h1-8H,9-14H2,(H2,23,27)(H,24,26). The number of hydrogen-bond acceptors (Lipinski definition) is 8. The number of rotatable bonds is 8. The predicted octanol–water partition coefficient (Wildman–Crippen LogP) is 1.91. The minimum Gasteiger partial charge on any atom is -0.492 e. The highest BCUT2D eigenvalue weighted by Crippen LogP contribution is 2.35. The first-order chi connectivity index (χ1) is 15.8. The molecular formula is C22H23N3O6S2. The van der Waals surface area contributed by atoms with Crippen molar-refractivity contribution in [3.8, 4) is 5.75 Å². The van der Waals surface area contributed by atoms with Gasteiger partial charge in [-0.25, -0.2) is 13.4 Å². The molecule has 0 atom stereocenters. The van der Waals surface area contributed by atoms with Crippen LogP contribution >= 0.6 is 11.3 Å². The van der Waals surface area contributed by atoms with E-state index < -0.39 is 20.5 Å². The van der Waals surface area contributed by atoms with E-state index in [0.29, 0.717) is 10.8 Å². The summed E-state index contributed by atoms with van der Waals surface area (Å²) in [5.41, 5.74) is 6.26. The second-order valence-electron chi connectivity index (χ2n) is 7.54. The molecule has 2 heterocycles. The number of nitrogens with one attached hydrogen (secondary N) is 1. The Bertz CT molecular complexity index is 1230. The molecule has 174 valence electrons. The molecule has 3 N–H and O–H groups in total. The fraction of sp³-hybridized carbons (Fsp3) is 0.318. The average Bonchev–Trinajstić information content (AvgIpc) is 3.27. The van der Waals surface area contributed by atoms with Gasteiger partial charge in [-0.15, -0.1) is 11.3 Å². The lowest BCUT2D eigenvalue weighted by Crippen LogP contribution is -2.53. The number of carbonyl (C=O) groups is 2. The molecule has 9 nitrogen and oxygen atoms in total. The molecule has 0 aliphatic carbocycles. The lowest BCUT2D eigenvalue weighted by molar-refractivity contribution is -0.122. The summed E-state index contributed by atoms with van der Waals surface area (Å²) in [4.78, 5) is 28.7. The number of carbonyl (C=O) groups excluding carboxylic acids is 2. The fourth-order valence-electron chi connectivity index (χ4n) is 3.67. The summed E-state index contributed by atoms with van der Waals surface area (Å²) in [6.07, 6.45) is 0.0501. The Hall–Kier alpha value is -3.02. The number of thiazole rings is 1. The zero-order chi connectivity index (χ0) is 23.5. The molecule has 1 aliphatic heterocycles. The quantitative estimate of drug-likeness (QED) is 0.461. The number of nitrogens with zero attached hydrogens (tertiary/aromatic N) is 1. The van der Waals surface area contributed by atoms with Gasteiger partial charge in [-0.2, -0.15) is 0 Å². The summed E-state index contributed by atoms with van der Waals surface area (Å²) in [5.74, 6) is -0.715. The van der Waals surface area contributed by atoms with Gasteiger partial charge in [0.2, 0.25) is 5.91 Å². The Labute approximate surface area is 194 Å². The maximum Gasteiger partial charge on any atom is 0.280 e. The second-order valence-corrected chi connectivity index (χ2v) is 10.8. The molecule has 1 fully saturated rings. The number of aromatic nitrogens is 1. The Morgan fingerprint density at radius 3 is 2.48 bits per heavy atom. The number of primary amides is 1. The Kier molecular flexibility index (Phi) is 6.63. The van der Waals surface area contributed by atoms with Crippen LogP contribution in [0.2, 0.25) is 0 Å². The number of ether oxygens (including phenoxy) is 2. The molecule has 2 amide bonds. The zero-order valence-corrected chi connectivity index (χ0v) is 19.3. The minimum atomic E-state index is -3.99. The lowest BCUT2D eigenvalue weighted by atomic mass is 9.98. The Morgan fingerprint density at radius 1 is 1.12 bits per heavy atom. The molecule has 3 aromatic rings. The maximum atomic E-state index is 13.1. The van der Waals surface area contributed by atoms with Crippen LogP contribution in [0.5, 0.6) is 5.75 Å². The topological polar surface area (TPSA) is 138 Å². The van der Waals surface area contributed by atoms with Crippen molar-refractivity contribution in [2.45, 2.75) is 22.5 Å². The number of hydrogen-bond donors (Lipinski definition) is 2. The highest BCUT2D eigenvalue weighted by molar-refractivity contribution is 7.93. The fourth-order valence-corrected chi connectivity index (χ4v) is 6.46. The van der Waals surface area contributed by atoms with Crippen LogP contribution in [0, 0.1) is 0 Å². The van der Waals surface area contributed by atoms with Crippen molar-refractivity contribution < 1.29 is 27.5 Å².